The molecule has 3 N–H and O–H groups in total. The van der Waals surface area contributed by atoms with Gasteiger partial charge >= 0.3 is 12.3 Å². The highest BCUT2D eigenvalue weighted by Gasteiger charge is 2.34. The van der Waals surface area contributed by atoms with Crippen LogP contribution >= 0.6 is 0 Å². The van der Waals surface area contributed by atoms with Gasteiger partial charge in [-0.15, -0.1) is 0 Å². The van der Waals surface area contributed by atoms with Crippen LogP contribution < -0.4 is 11.1 Å². The first-order valence-electron chi connectivity index (χ1n) is 5.94. The lowest BCUT2D eigenvalue weighted by molar-refractivity contribution is -0.138. The van der Waals surface area contributed by atoms with Crippen molar-refractivity contribution < 1.29 is 22.7 Å². The van der Waals surface area contributed by atoms with E-state index in [9.17, 15) is 18.0 Å². The molecule has 0 radical (unpaired) electrons. The number of halogens is 3. The molecule has 0 atom stereocenters. The highest BCUT2D eigenvalue weighted by atomic mass is 19.4. The zero-order valence-electron chi connectivity index (χ0n) is 11.5. The summed E-state index contributed by atoms with van der Waals surface area (Å²) in [5, 5.41) is 2.29. The highest BCUT2D eigenvalue weighted by Crippen LogP contribution is 2.35. The quantitative estimate of drug-likeness (QED) is 0.876. The van der Waals surface area contributed by atoms with E-state index in [2.05, 4.69) is 5.32 Å². The van der Waals surface area contributed by atoms with Gasteiger partial charge in [0.25, 0.3) is 0 Å². The van der Waals surface area contributed by atoms with Crippen LogP contribution in [0.5, 0.6) is 0 Å². The zero-order chi connectivity index (χ0) is 15.6. The number of hydrogen-bond acceptors (Lipinski definition) is 3. The van der Waals surface area contributed by atoms with Crippen LogP contribution in [0.15, 0.2) is 18.2 Å². The number of nitrogens with two attached hydrogens (primary N) is 1. The van der Waals surface area contributed by atoms with Gasteiger partial charge < -0.3 is 10.5 Å². The highest BCUT2D eigenvalue weighted by molar-refractivity contribution is 5.86. The lowest BCUT2D eigenvalue weighted by Crippen LogP contribution is -2.28. The first-order valence-corrected chi connectivity index (χ1v) is 5.94. The lowest BCUT2D eigenvalue weighted by atomic mass is 10.0. The number of ether oxygens (including phenoxy) is 1. The van der Waals surface area contributed by atoms with E-state index in [1.807, 2.05) is 0 Å². The van der Waals surface area contributed by atoms with Crippen molar-refractivity contribution in [2.75, 3.05) is 5.32 Å². The average molecular weight is 290 g/mol. The van der Waals surface area contributed by atoms with E-state index in [4.69, 9.17) is 10.5 Å². The van der Waals surface area contributed by atoms with E-state index in [0.717, 1.165) is 6.07 Å². The Balaban J connectivity index is 3.05. The Hall–Kier alpha value is -1.76. The molecular weight excluding hydrogens is 273 g/mol. The van der Waals surface area contributed by atoms with Crippen LogP contribution in [0.2, 0.25) is 0 Å². The van der Waals surface area contributed by atoms with Crippen molar-refractivity contribution in [2.24, 2.45) is 5.73 Å². The van der Waals surface area contributed by atoms with E-state index in [1.54, 1.807) is 20.8 Å². The third kappa shape index (κ3) is 4.41. The maximum absolute atomic E-state index is 12.8. The van der Waals surface area contributed by atoms with Gasteiger partial charge in [0.05, 0.1) is 5.56 Å². The van der Waals surface area contributed by atoms with Crippen LogP contribution in [0, 0.1) is 0 Å². The van der Waals surface area contributed by atoms with Gasteiger partial charge in [-0.2, -0.15) is 13.2 Å². The normalized spacial score (nSPS) is 12.2. The minimum Gasteiger partial charge on any atom is -0.444 e. The molecular formula is C13H17F3N2O2. The molecule has 1 amide bonds. The smallest absolute Gasteiger partial charge is 0.416 e. The van der Waals surface area contributed by atoms with Crippen molar-refractivity contribution in [1.82, 2.24) is 0 Å². The van der Waals surface area contributed by atoms with Crippen molar-refractivity contribution in [3.8, 4) is 0 Å². The number of carbonyl (C=O) groups excluding carboxylic acids is 1. The third-order valence-electron chi connectivity index (χ3n) is 2.32. The number of anilines is 1. The molecule has 0 aliphatic rings. The summed E-state index contributed by atoms with van der Waals surface area (Å²) in [7, 11) is 0. The fourth-order valence-electron chi connectivity index (χ4n) is 1.60. The molecule has 1 aromatic rings. The molecule has 0 bridgehead atoms. The van der Waals surface area contributed by atoms with E-state index in [0.29, 0.717) is 0 Å². The molecule has 0 aliphatic heterocycles. The lowest BCUT2D eigenvalue weighted by Gasteiger charge is -2.21. The number of nitrogens with one attached hydrogen (secondary N) is 1. The van der Waals surface area contributed by atoms with Crippen LogP contribution in [0.1, 0.15) is 31.9 Å². The summed E-state index contributed by atoms with van der Waals surface area (Å²) in [5.74, 6) is 0. The molecule has 0 fully saturated rings. The van der Waals surface area contributed by atoms with Gasteiger partial charge in [-0.1, -0.05) is 6.07 Å². The van der Waals surface area contributed by atoms with Gasteiger partial charge in [0.2, 0.25) is 0 Å². The summed E-state index contributed by atoms with van der Waals surface area (Å²) in [5.41, 5.74) is 3.57. The van der Waals surface area contributed by atoms with Crippen molar-refractivity contribution in [1.29, 1.82) is 0 Å². The minimum atomic E-state index is -4.53. The van der Waals surface area contributed by atoms with Crippen molar-refractivity contribution in [2.45, 2.75) is 39.1 Å². The number of alkyl halides is 3. The maximum Gasteiger partial charge on any atom is 0.416 e. The largest absolute Gasteiger partial charge is 0.444 e. The number of benzene rings is 1. The average Bonchev–Trinajstić information content (AvgIpc) is 2.24. The summed E-state index contributed by atoms with van der Waals surface area (Å²) in [6.45, 7) is 4.62. The van der Waals surface area contributed by atoms with E-state index in [-0.39, 0.29) is 17.8 Å². The number of hydrogen-bond donors (Lipinski definition) is 2. The molecule has 0 saturated heterocycles. The van der Waals surface area contributed by atoms with E-state index in [1.165, 1.54) is 12.1 Å². The van der Waals surface area contributed by atoms with Crippen LogP contribution in [-0.2, 0) is 17.5 Å². The van der Waals surface area contributed by atoms with Crippen molar-refractivity contribution >= 4 is 11.8 Å². The van der Waals surface area contributed by atoms with Gasteiger partial charge in [0.15, 0.2) is 0 Å². The van der Waals surface area contributed by atoms with Gasteiger partial charge in [0, 0.05) is 17.8 Å². The van der Waals surface area contributed by atoms with E-state index < -0.39 is 23.4 Å². The molecule has 0 saturated carbocycles. The molecule has 20 heavy (non-hydrogen) atoms. The van der Waals surface area contributed by atoms with Crippen LogP contribution in [0.4, 0.5) is 23.7 Å². The molecule has 1 rings (SSSR count). The Labute approximate surface area is 115 Å². The summed E-state index contributed by atoms with van der Waals surface area (Å²) < 4.78 is 43.5. The third-order valence-corrected chi connectivity index (χ3v) is 2.32. The van der Waals surface area contributed by atoms with Gasteiger partial charge in [0.1, 0.15) is 5.60 Å². The minimum absolute atomic E-state index is 0.00317. The predicted molar refractivity (Wildman–Crippen MR) is 69.2 cm³/mol. The first kappa shape index (κ1) is 16.3. The fraction of sp³-hybridized carbons (Fsp3) is 0.462. The van der Waals surface area contributed by atoms with Crippen molar-refractivity contribution in [3.63, 3.8) is 0 Å². The fourth-order valence-corrected chi connectivity index (χ4v) is 1.60. The van der Waals surface area contributed by atoms with E-state index >= 15 is 0 Å². The molecule has 0 spiro atoms. The summed E-state index contributed by atoms with van der Waals surface area (Å²) >= 11 is 0. The Kier molecular flexibility index (Phi) is 4.65. The second-order valence-electron chi connectivity index (χ2n) is 5.16. The predicted octanol–water partition coefficient (Wildman–Crippen LogP) is 3.51. The standard InChI is InChI=1S/C13H17F3N2O2/c1-12(2,3)20-11(19)18-10-6-4-5-9(8(10)7-17)13(14,15)16/h4-6H,7,17H2,1-3H3,(H,18,19). The second-order valence-corrected chi connectivity index (χ2v) is 5.16. The van der Waals surface area contributed by atoms with Crippen LogP contribution in [0.3, 0.4) is 0 Å². The topological polar surface area (TPSA) is 64.3 Å². The summed E-state index contributed by atoms with van der Waals surface area (Å²) in [4.78, 5) is 11.6. The molecule has 1 aromatic carbocycles. The summed E-state index contributed by atoms with van der Waals surface area (Å²) in [6.07, 6.45) is -5.35. The van der Waals surface area contributed by atoms with Gasteiger partial charge in [-0.25, -0.2) is 4.79 Å². The van der Waals surface area contributed by atoms with Gasteiger partial charge in [-0.3, -0.25) is 5.32 Å². The number of amides is 1. The SMILES string of the molecule is CC(C)(C)OC(=O)Nc1cccc(C(F)(F)F)c1CN. The molecule has 7 heteroatoms. The number of carbonyl (C=O) groups is 1. The zero-order valence-corrected chi connectivity index (χ0v) is 11.5. The maximum atomic E-state index is 12.8. The molecule has 0 heterocycles. The Morgan fingerprint density at radius 2 is 1.90 bits per heavy atom. The number of rotatable bonds is 2. The molecule has 4 nitrogen and oxygen atoms in total. The molecule has 0 aromatic heterocycles. The molecule has 0 aliphatic carbocycles. The second kappa shape index (κ2) is 5.70. The van der Waals surface area contributed by atoms with Crippen LogP contribution in [0.25, 0.3) is 0 Å². The Bertz CT molecular complexity index is 493. The van der Waals surface area contributed by atoms with Crippen molar-refractivity contribution in [3.05, 3.63) is 29.3 Å². The molecule has 0 unspecified atom stereocenters. The Morgan fingerprint density at radius 3 is 2.35 bits per heavy atom. The van der Waals surface area contributed by atoms with Crippen LogP contribution in [-0.4, -0.2) is 11.7 Å². The Morgan fingerprint density at radius 1 is 1.30 bits per heavy atom. The first-order chi connectivity index (χ1) is 9.04. The molecule has 112 valence electrons. The summed E-state index contributed by atoms with van der Waals surface area (Å²) in [6, 6.07) is 3.47. The van der Waals surface area contributed by atoms with Gasteiger partial charge in [-0.05, 0) is 32.9 Å². The monoisotopic (exact) mass is 290 g/mol.